The van der Waals surface area contributed by atoms with Gasteiger partial charge in [-0.25, -0.2) is 14.4 Å². The second kappa shape index (κ2) is 6.04. The Morgan fingerprint density at radius 3 is 2.72 bits per heavy atom. The summed E-state index contributed by atoms with van der Waals surface area (Å²) in [5, 5.41) is 3.89. The van der Waals surface area contributed by atoms with Crippen molar-refractivity contribution in [2.24, 2.45) is 12.8 Å². The summed E-state index contributed by atoms with van der Waals surface area (Å²) in [4.78, 5) is 20.4. The second-order valence-corrected chi connectivity index (χ2v) is 6.11. The van der Waals surface area contributed by atoms with Crippen LogP contribution in [-0.4, -0.2) is 20.4 Å². The van der Waals surface area contributed by atoms with Gasteiger partial charge >= 0.3 is 0 Å². The first-order valence-electron chi connectivity index (χ1n) is 7.77. The molecule has 3 heterocycles. The fraction of sp³-hybridized carbons (Fsp3) is 0.235. The van der Waals surface area contributed by atoms with E-state index < -0.39 is 11.7 Å². The van der Waals surface area contributed by atoms with Crippen LogP contribution in [0.4, 0.5) is 21.6 Å². The molecule has 3 aromatic rings. The number of hydrogen-bond acceptors (Lipinski definition) is 5. The van der Waals surface area contributed by atoms with Gasteiger partial charge in [0.25, 0.3) is 5.91 Å². The fourth-order valence-corrected chi connectivity index (χ4v) is 2.72. The molecule has 0 atom stereocenters. The highest BCUT2D eigenvalue weighted by Crippen LogP contribution is 2.32. The molecule has 130 valence electrons. The second-order valence-electron chi connectivity index (χ2n) is 6.11. The Balaban J connectivity index is 2.20. The number of nitrogens with two attached hydrogens (primary N) is 2. The zero-order valence-corrected chi connectivity index (χ0v) is 14.2. The third kappa shape index (κ3) is 2.75. The van der Waals surface area contributed by atoms with E-state index in [-0.39, 0.29) is 28.7 Å². The van der Waals surface area contributed by atoms with Crippen molar-refractivity contribution < 1.29 is 9.18 Å². The van der Waals surface area contributed by atoms with Crippen molar-refractivity contribution in [3.63, 3.8) is 0 Å². The summed E-state index contributed by atoms with van der Waals surface area (Å²) in [5.74, 6) is -1.64. The summed E-state index contributed by atoms with van der Waals surface area (Å²) in [6.07, 6.45) is 3.49. The molecule has 3 aromatic heterocycles. The van der Waals surface area contributed by atoms with E-state index in [4.69, 9.17) is 11.5 Å². The molecule has 0 bridgehead atoms. The van der Waals surface area contributed by atoms with Crippen molar-refractivity contribution in [1.29, 1.82) is 0 Å². The SMILES string of the molecule is CC(C)c1nc(Nc2ccnc3c2ccn3C)c(C(N)=O)c(N)c1F. The van der Waals surface area contributed by atoms with E-state index in [2.05, 4.69) is 15.3 Å². The molecular weight excluding hydrogens is 323 g/mol. The Kier molecular flexibility index (Phi) is 4.03. The number of halogens is 1. The smallest absolute Gasteiger partial charge is 0.254 e. The zero-order chi connectivity index (χ0) is 18.3. The summed E-state index contributed by atoms with van der Waals surface area (Å²) in [7, 11) is 1.87. The minimum atomic E-state index is -0.847. The van der Waals surface area contributed by atoms with Gasteiger partial charge < -0.3 is 21.4 Å². The van der Waals surface area contributed by atoms with Crippen LogP contribution >= 0.6 is 0 Å². The number of pyridine rings is 2. The molecule has 0 aliphatic rings. The van der Waals surface area contributed by atoms with Gasteiger partial charge in [0.1, 0.15) is 17.0 Å². The van der Waals surface area contributed by atoms with Gasteiger partial charge in [-0.05, 0) is 18.1 Å². The van der Waals surface area contributed by atoms with Crippen LogP contribution in [0.2, 0.25) is 0 Å². The lowest BCUT2D eigenvalue weighted by Crippen LogP contribution is -2.19. The van der Waals surface area contributed by atoms with E-state index >= 15 is 0 Å². The Hall–Kier alpha value is -3.16. The summed E-state index contributed by atoms with van der Waals surface area (Å²) in [6.45, 7) is 3.58. The van der Waals surface area contributed by atoms with Crippen LogP contribution in [-0.2, 0) is 7.05 Å². The summed E-state index contributed by atoms with van der Waals surface area (Å²) in [5.41, 5.74) is 12.3. The number of hydrogen-bond donors (Lipinski definition) is 3. The van der Waals surface area contributed by atoms with Crippen LogP contribution in [0.1, 0.15) is 35.8 Å². The Morgan fingerprint density at radius 2 is 2.08 bits per heavy atom. The molecule has 0 unspecified atom stereocenters. The molecule has 0 aliphatic heterocycles. The molecular formula is C17H19FN6O. The van der Waals surface area contributed by atoms with Crippen molar-refractivity contribution in [3.05, 3.63) is 41.6 Å². The largest absolute Gasteiger partial charge is 0.396 e. The van der Waals surface area contributed by atoms with Crippen LogP contribution in [0.3, 0.4) is 0 Å². The maximum atomic E-state index is 14.4. The topological polar surface area (TPSA) is 112 Å². The van der Waals surface area contributed by atoms with Gasteiger partial charge in [-0.1, -0.05) is 13.8 Å². The first kappa shape index (κ1) is 16.7. The van der Waals surface area contributed by atoms with Crippen LogP contribution in [0.25, 0.3) is 11.0 Å². The van der Waals surface area contributed by atoms with Crippen molar-refractivity contribution in [1.82, 2.24) is 14.5 Å². The number of carbonyl (C=O) groups excluding carboxylic acids is 1. The molecule has 8 heteroatoms. The Labute approximate surface area is 143 Å². The average Bonchev–Trinajstić information content (AvgIpc) is 2.92. The molecule has 1 amide bonds. The fourth-order valence-electron chi connectivity index (χ4n) is 2.72. The minimum absolute atomic E-state index is 0.131. The van der Waals surface area contributed by atoms with Crippen LogP contribution in [0, 0.1) is 5.82 Å². The molecule has 0 aliphatic carbocycles. The molecule has 25 heavy (non-hydrogen) atoms. The summed E-state index contributed by atoms with van der Waals surface area (Å²) >= 11 is 0. The Morgan fingerprint density at radius 1 is 1.36 bits per heavy atom. The summed E-state index contributed by atoms with van der Waals surface area (Å²) in [6, 6.07) is 3.62. The lowest BCUT2D eigenvalue weighted by atomic mass is 10.1. The minimum Gasteiger partial charge on any atom is -0.396 e. The molecule has 0 saturated heterocycles. The molecule has 3 rings (SSSR count). The van der Waals surface area contributed by atoms with Gasteiger partial charge in [0.15, 0.2) is 5.82 Å². The van der Waals surface area contributed by atoms with Gasteiger partial charge in [0, 0.05) is 24.8 Å². The molecule has 7 nitrogen and oxygen atoms in total. The third-order valence-corrected chi connectivity index (χ3v) is 4.01. The third-order valence-electron chi connectivity index (χ3n) is 4.01. The number of aryl methyl sites for hydroxylation is 1. The van der Waals surface area contributed by atoms with Crippen LogP contribution in [0.5, 0.6) is 0 Å². The van der Waals surface area contributed by atoms with Crippen LogP contribution in [0.15, 0.2) is 24.5 Å². The number of anilines is 3. The number of carbonyl (C=O) groups is 1. The van der Waals surface area contributed by atoms with E-state index in [1.54, 1.807) is 26.1 Å². The number of primary amides is 1. The molecule has 0 spiro atoms. The van der Waals surface area contributed by atoms with E-state index in [9.17, 15) is 9.18 Å². The maximum absolute atomic E-state index is 14.4. The molecule has 0 aromatic carbocycles. The molecule has 5 N–H and O–H groups in total. The van der Waals surface area contributed by atoms with E-state index in [0.29, 0.717) is 5.69 Å². The number of fused-ring (bicyclic) bond motifs is 1. The summed E-state index contributed by atoms with van der Waals surface area (Å²) < 4.78 is 16.3. The van der Waals surface area contributed by atoms with Gasteiger partial charge in [-0.2, -0.15) is 0 Å². The van der Waals surface area contributed by atoms with Gasteiger partial charge in [-0.3, -0.25) is 4.79 Å². The predicted molar refractivity (Wildman–Crippen MR) is 95.2 cm³/mol. The molecule has 0 fully saturated rings. The number of nitrogen functional groups attached to an aromatic ring is 1. The highest BCUT2D eigenvalue weighted by molar-refractivity contribution is 6.04. The average molecular weight is 342 g/mol. The number of nitrogens with one attached hydrogen (secondary N) is 1. The molecule has 0 radical (unpaired) electrons. The zero-order valence-electron chi connectivity index (χ0n) is 14.2. The molecule has 0 saturated carbocycles. The number of amides is 1. The predicted octanol–water partition coefficient (Wildman–Crippen LogP) is 2.66. The van der Waals surface area contributed by atoms with Gasteiger partial charge in [0.2, 0.25) is 0 Å². The quantitative estimate of drug-likeness (QED) is 0.675. The number of nitrogens with zero attached hydrogens (tertiary/aromatic N) is 3. The van der Waals surface area contributed by atoms with Gasteiger partial charge in [-0.15, -0.1) is 0 Å². The van der Waals surface area contributed by atoms with E-state index in [1.165, 1.54) is 0 Å². The normalized spacial score (nSPS) is 11.2. The maximum Gasteiger partial charge on any atom is 0.254 e. The lowest BCUT2D eigenvalue weighted by Gasteiger charge is -2.16. The van der Waals surface area contributed by atoms with Crippen molar-refractivity contribution in [2.75, 3.05) is 11.1 Å². The van der Waals surface area contributed by atoms with Crippen molar-refractivity contribution in [3.8, 4) is 0 Å². The van der Waals surface area contributed by atoms with E-state index in [0.717, 1.165) is 11.0 Å². The van der Waals surface area contributed by atoms with Crippen molar-refractivity contribution >= 4 is 34.1 Å². The number of aromatic nitrogens is 3. The lowest BCUT2D eigenvalue weighted by molar-refractivity contribution is 0.100. The first-order chi connectivity index (χ1) is 11.8. The number of rotatable bonds is 4. The highest BCUT2D eigenvalue weighted by atomic mass is 19.1. The van der Waals surface area contributed by atoms with Crippen LogP contribution < -0.4 is 16.8 Å². The first-order valence-corrected chi connectivity index (χ1v) is 7.77. The standard InChI is InChI=1S/C17H19FN6O/c1-8(2)14-12(18)13(19)11(15(20)25)16(23-14)22-10-4-6-21-17-9(10)5-7-24(17)3/h4-8H,1-3H3,(H2,20,25)(H3,19,21,22,23). The van der Waals surface area contributed by atoms with Gasteiger partial charge in [0.05, 0.1) is 17.1 Å². The monoisotopic (exact) mass is 342 g/mol. The van der Waals surface area contributed by atoms with E-state index in [1.807, 2.05) is 23.9 Å². The highest BCUT2D eigenvalue weighted by Gasteiger charge is 2.23. The van der Waals surface area contributed by atoms with Crippen molar-refractivity contribution in [2.45, 2.75) is 19.8 Å². The Bertz CT molecular complexity index is 979.